The van der Waals surface area contributed by atoms with Crippen molar-refractivity contribution in [3.8, 4) is 0 Å². The van der Waals surface area contributed by atoms with Gasteiger partial charge in [0, 0.05) is 6.07 Å². The molecule has 0 unspecified atom stereocenters. The molecule has 0 spiro atoms. The molecule has 1 aromatic carbocycles. The molecule has 0 bridgehead atoms. The van der Waals surface area contributed by atoms with E-state index in [1.165, 1.54) is 37.2 Å². The Labute approximate surface area is 94.9 Å². The van der Waals surface area contributed by atoms with Crippen LogP contribution in [0.5, 0.6) is 0 Å². The predicted molar refractivity (Wildman–Crippen MR) is 65.7 cm³/mol. The molecule has 16 heavy (non-hydrogen) atoms. The number of aryl methyl sites for hydroxylation is 1. The molecule has 0 radical (unpaired) electrons. The average molecular weight is 216 g/mol. The van der Waals surface area contributed by atoms with Crippen molar-refractivity contribution in [3.63, 3.8) is 0 Å². The van der Waals surface area contributed by atoms with Gasteiger partial charge in [0.05, 0.1) is 11.6 Å². The number of rotatable bonds is 4. The first kappa shape index (κ1) is 10.9. The lowest BCUT2D eigenvalue weighted by Crippen LogP contribution is -1.98. The molecule has 0 aliphatic carbocycles. The van der Waals surface area contributed by atoms with Crippen LogP contribution in [0.1, 0.15) is 31.7 Å². The number of unbranched alkanes of at least 4 members (excludes halogenated alkanes) is 2. The van der Waals surface area contributed by atoms with Crippen molar-refractivity contribution in [1.29, 1.82) is 0 Å². The summed E-state index contributed by atoms with van der Waals surface area (Å²) in [6.45, 7) is 2.19. The van der Waals surface area contributed by atoms with Gasteiger partial charge in [-0.05, 0) is 30.5 Å². The van der Waals surface area contributed by atoms with Gasteiger partial charge >= 0.3 is 0 Å². The molecule has 0 saturated carbocycles. The summed E-state index contributed by atoms with van der Waals surface area (Å²) in [5, 5.41) is 0.668. The van der Waals surface area contributed by atoms with Gasteiger partial charge in [0.2, 0.25) is 0 Å². The van der Waals surface area contributed by atoms with E-state index in [2.05, 4.69) is 6.92 Å². The lowest BCUT2D eigenvalue weighted by atomic mass is 10.1. The molecule has 2 nitrogen and oxygen atoms in total. The van der Waals surface area contributed by atoms with E-state index in [1.807, 2.05) is 18.2 Å². The van der Waals surface area contributed by atoms with Crippen LogP contribution in [0.2, 0.25) is 0 Å². The normalized spacial score (nSPS) is 10.8. The van der Waals surface area contributed by atoms with Crippen LogP contribution in [0.15, 0.2) is 39.7 Å². The maximum Gasteiger partial charge on any atom is 0.192 e. The Balaban J connectivity index is 2.27. The molecule has 1 heterocycles. The standard InChI is InChI=1S/C14H16O2/c1-2-3-4-5-11-6-7-12-13(15)8-9-16-14(12)10-11/h6-10H,2-5H2,1H3. The van der Waals surface area contributed by atoms with Gasteiger partial charge in [0.15, 0.2) is 5.43 Å². The summed E-state index contributed by atoms with van der Waals surface area (Å²) in [6.07, 6.45) is 6.18. The van der Waals surface area contributed by atoms with Crippen molar-refractivity contribution in [2.75, 3.05) is 0 Å². The van der Waals surface area contributed by atoms with Gasteiger partial charge in [-0.2, -0.15) is 0 Å². The highest BCUT2D eigenvalue weighted by molar-refractivity contribution is 5.76. The summed E-state index contributed by atoms with van der Waals surface area (Å²) in [4.78, 5) is 11.5. The van der Waals surface area contributed by atoms with Gasteiger partial charge in [0.25, 0.3) is 0 Å². The van der Waals surface area contributed by atoms with Crippen LogP contribution in [0, 0.1) is 0 Å². The monoisotopic (exact) mass is 216 g/mol. The Kier molecular flexibility index (Phi) is 3.40. The van der Waals surface area contributed by atoms with Gasteiger partial charge in [0.1, 0.15) is 5.58 Å². The number of fused-ring (bicyclic) bond motifs is 1. The Morgan fingerprint density at radius 2 is 2.06 bits per heavy atom. The summed E-state index contributed by atoms with van der Waals surface area (Å²) in [5.41, 5.74) is 1.97. The minimum atomic E-state index is 0.0290. The number of hydrogen-bond acceptors (Lipinski definition) is 2. The Hall–Kier alpha value is -1.57. The lowest BCUT2D eigenvalue weighted by Gasteiger charge is -2.01. The highest BCUT2D eigenvalue weighted by Gasteiger charge is 2.01. The molecule has 0 aliphatic rings. The zero-order valence-corrected chi connectivity index (χ0v) is 9.53. The summed E-state index contributed by atoms with van der Waals surface area (Å²) in [7, 11) is 0. The van der Waals surface area contributed by atoms with E-state index in [9.17, 15) is 4.79 Å². The van der Waals surface area contributed by atoms with Gasteiger partial charge in [-0.3, -0.25) is 4.79 Å². The minimum absolute atomic E-state index is 0.0290. The van der Waals surface area contributed by atoms with Crippen LogP contribution >= 0.6 is 0 Å². The third-order valence-electron chi connectivity index (χ3n) is 2.79. The first-order valence-electron chi connectivity index (χ1n) is 5.81. The maximum absolute atomic E-state index is 11.5. The van der Waals surface area contributed by atoms with Crippen molar-refractivity contribution in [3.05, 3.63) is 46.3 Å². The second-order valence-electron chi connectivity index (χ2n) is 4.07. The fourth-order valence-corrected chi connectivity index (χ4v) is 1.86. The fraction of sp³-hybridized carbons (Fsp3) is 0.357. The molecule has 0 aliphatic heterocycles. The van der Waals surface area contributed by atoms with Crippen LogP contribution < -0.4 is 5.43 Å². The average Bonchev–Trinajstić information content (AvgIpc) is 2.30. The fourth-order valence-electron chi connectivity index (χ4n) is 1.86. The molecular formula is C14H16O2. The molecule has 2 aromatic rings. The van der Waals surface area contributed by atoms with E-state index >= 15 is 0 Å². The molecule has 0 saturated heterocycles. The van der Waals surface area contributed by atoms with Crippen molar-refractivity contribution < 1.29 is 4.42 Å². The van der Waals surface area contributed by atoms with Crippen LogP contribution in [-0.4, -0.2) is 0 Å². The molecule has 2 heteroatoms. The smallest absolute Gasteiger partial charge is 0.192 e. The van der Waals surface area contributed by atoms with Crippen molar-refractivity contribution in [2.24, 2.45) is 0 Å². The first-order chi connectivity index (χ1) is 7.81. The van der Waals surface area contributed by atoms with E-state index in [4.69, 9.17) is 4.42 Å². The zero-order valence-electron chi connectivity index (χ0n) is 9.53. The van der Waals surface area contributed by atoms with Crippen LogP contribution in [-0.2, 0) is 6.42 Å². The largest absolute Gasteiger partial charge is 0.464 e. The molecule has 0 N–H and O–H groups in total. The van der Waals surface area contributed by atoms with Crippen molar-refractivity contribution >= 4 is 11.0 Å². The van der Waals surface area contributed by atoms with Crippen molar-refractivity contribution in [2.45, 2.75) is 32.6 Å². The predicted octanol–water partition coefficient (Wildman–Crippen LogP) is 3.53. The third kappa shape index (κ3) is 2.32. The van der Waals surface area contributed by atoms with Crippen molar-refractivity contribution in [1.82, 2.24) is 0 Å². The molecule has 0 atom stereocenters. The Bertz CT molecular complexity index is 525. The van der Waals surface area contributed by atoms with Gasteiger partial charge in [-0.25, -0.2) is 0 Å². The second kappa shape index (κ2) is 4.97. The van der Waals surface area contributed by atoms with Crippen LogP contribution in [0.25, 0.3) is 11.0 Å². The molecule has 0 fully saturated rings. The molecule has 0 amide bonds. The second-order valence-corrected chi connectivity index (χ2v) is 4.07. The summed E-state index contributed by atoms with van der Waals surface area (Å²) in [5.74, 6) is 0. The topological polar surface area (TPSA) is 30.2 Å². The van der Waals surface area contributed by atoms with E-state index in [1.54, 1.807) is 0 Å². The highest BCUT2D eigenvalue weighted by atomic mass is 16.3. The minimum Gasteiger partial charge on any atom is -0.464 e. The van der Waals surface area contributed by atoms with Crippen LogP contribution in [0.3, 0.4) is 0 Å². The third-order valence-corrected chi connectivity index (χ3v) is 2.79. The summed E-state index contributed by atoms with van der Waals surface area (Å²) in [6, 6.07) is 7.32. The quantitative estimate of drug-likeness (QED) is 0.732. The zero-order chi connectivity index (χ0) is 11.4. The van der Waals surface area contributed by atoms with E-state index in [-0.39, 0.29) is 5.43 Å². The summed E-state index contributed by atoms with van der Waals surface area (Å²) >= 11 is 0. The molecule has 1 aromatic heterocycles. The maximum atomic E-state index is 11.5. The Morgan fingerprint density at radius 3 is 2.88 bits per heavy atom. The Morgan fingerprint density at radius 1 is 1.19 bits per heavy atom. The first-order valence-corrected chi connectivity index (χ1v) is 5.81. The van der Waals surface area contributed by atoms with E-state index < -0.39 is 0 Å². The highest BCUT2D eigenvalue weighted by Crippen LogP contribution is 2.14. The number of benzene rings is 1. The van der Waals surface area contributed by atoms with Gasteiger partial charge in [-0.1, -0.05) is 25.8 Å². The van der Waals surface area contributed by atoms with E-state index in [0.717, 1.165) is 6.42 Å². The molecular weight excluding hydrogens is 200 g/mol. The SMILES string of the molecule is CCCCCc1ccc2c(=O)ccoc2c1. The molecule has 2 rings (SSSR count). The summed E-state index contributed by atoms with van der Waals surface area (Å²) < 4.78 is 5.34. The number of hydrogen-bond donors (Lipinski definition) is 0. The van der Waals surface area contributed by atoms with E-state index in [0.29, 0.717) is 11.0 Å². The van der Waals surface area contributed by atoms with Gasteiger partial charge in [-0.15, -0.1) is 0 Å². The van der Waals surface area contributed by atoms with Crippen LogP contribution in [0.4, 0.5) is 0 Å². The molecule has 84 valence electrons. The lowest BCUT2D eigenvalue weighted by molar-refractivity contribution is 0.601. The van der Waals surface area contributed by atoms with Gasteiger partial charge < -0.3 is 4.42 Å².